The van der Waals surface area contributed by atoms with Crippen molar-refractivity contribution >= 4 is 56.6 Å². The maximum Gasteiger partial charge on any atom is 0.263 e. The van der Waals surface area contributed by atoms with E-state index in [4.69, 9.17) is 21.0 Å². The van der Waals surface area contributed by atoms with E-state index < -0.39 is 5.25 Å². The van der Waals surface area contributed by atoms with Crippen LogP contribution in [0.2, 0.25) is 5.02 Å². The first kappa shape index (κ1) is 21.6. The monoisotopic (exact) mass is 474 g/mol. The van der Waals surface area contributed by atoms with E-state index in [1.807, 2.05) is 13.0 Å². The standard InChI is InChI=1S/C21H19ClN4O3S2/c1-3-15-9-16-19(31-15)25-21(26(20(16)28)11-14-5-4-8-29-14)30-12(2)18(27)24-17-7-6-13(22)10-23-17/h4-10,12H,3,11H2,1-2H3,(H,23,24,27)/t12-/m0/s1. The molecule has 0 unspecified atom stereocenters. The molecule has 0 bridgehead atoms. The molecule has 0 saturated heterocycles. The van der Waals surface area contributed by atoms with E-state index in [2.05, 4.69) is 10.3 Å². The Kier molecular flexibility index (Phi) is 6.45. The number of thioether (sulfide) groups is 1. The van der Waals surface area contributed by atoms with E-state index in [0.717, 1.165) is 11.3 Å². The molecule has 1 atom stereocenters. The van der Waals surface area contributed by atoms with Crippen molar-refractivity contribution in [2.75, 3.05) is 5.32 Å². The summed E-state index contributed by atoms with van der Waals surface area (Å²) >= 11 is 8.56. The third-order valence-electron chi connectivity index (χ3n) is 4.54. The largest absolute Gasteiger partial charge is 0.467 e. The summed E-state index contributed by atoms with van der Waals surface area (Å²) in [7, 11) is 0. The Balaban J connectivity index is 1.65. The number of halogens is 1. The van der Waals surface area contributed by atoms with Crippen LogP contribution in [0.25, 0.3) is 10.2 Å². The molecule has 0 spiro atoms. The number of carbonyl (C=O) groups excluding carboxylic acids is 1. The number of nitrogens with zero attached hydrogens (tertiary/aromatic N) is 3. The molecule has 0 aliphatic rings. The SMILES string of the molecule is CCc1cc2c(=O)n(Cc3ccco3)c(S[C@@H](C)C(=O)Nc3ccc(Cl)cn3)nc2s1. The van der Waals surface area contributed by atoms with Crippen molar-refractivity contribution in [3.8, 4) is 0 Å². The number of aromatic nitrogens is 3. The highest BCUT2D eigenvalue weighted by Gasteiger charge is 2.21. The quantitative estimate of drug-likeness (QED) is 0.305. The van der Waals surface area contributed by atoms with E-state index >= 15 is 0 Å². The Labute approximate surface area is 191 Å². The lowest BCUT2D eigenvalue weighted by Gasteiger charge is -2.15. The second-order valence-corrected chi connectivity index (χ2v) is 9.62. The van der Waals surface area contributed by atoms with Gasteiger partial charge in [0.05, 0.1) is 28.5 Å². The summed E-state index contributed by atoms with van der Waals surface area (Å²) < 4.78 is 6.99. The minimum absolute atomic E-state index is 0.146. The van der Waals surface area contributed by atoms with Crippen LogP contribution in [0.4, 0.5) is 5.82 Å². The average molecular weight is 475 g/mol. The molecule has 160 valence electrons. The highest BCUT2D eigenvalue weighted by Crippen LogP contribution is 2.28. The highest BCUT2D eigenvalue weighted by molar-refractivity contribution is 8.00. The van der Waals surface area contributed by atoms with Crippen molar-refractivity contribution in [1.82, 2.24) is 14.5 Å². The first-order valence-electron chi connectivity index (χ1n) is 9.59. The number of amides is 1. The van der Waals surface area contributed by atoms with Crippen molar-refractivity contribution in [3.63, 3.8) is 0 Å². The number of rotatable bonds is 7. The molecule has 10 heteroatoms. The molecule has 0 aromatic carbocycles. The Bertz CT molecular complexity index is 1270. The molecule has 4 heterocycles. The van der Waals surface area contributed by atoms with Gasteiger partial charge < -0.3 is 9.73 Å². The lowest BCUT2D eigenvalue weighted by Crippen LogP contribution is -2.27. The van der Waals surface area contributed by atoms with Crippen molar-refractivity contribution < 1.29 is 9.21 Å². The minimum atomic E-state index is -0.518. The zero-order chi connectivity index (χ0) is 22.0. The van der Waals surface area contributed by atoms with Gasteiger partial charge in [-0.1, -0.05) is 30.3 Å². The molecule has 1 N–H and O–H groups in total. The minimum Gasteiger partial charge on any atom is -0.467 e. The van der Waals surface area contributed by atoms with Crippen LogP contribution in [0.5, 0.6) is 0 Å². The van der Waals surface area contributed by atoms with Gasteiger partial charge in [0.1, 0.15) is 16.4 Å². The van der Waals surface area contributed by atoms with Gasteiger partial charge in [0.2, 0.25) is 5.91 Å². The highest BCUT2D eigenvalue weighted by atomic mass is 35.5. The smallest absolute Gasteiger partial charge is 0.263 e. The maximum absolute atomic E-state index is 13.2. The molecule has 7 nitrogen and oxygen atoms in total. The zero-order valence-corrected chi connectivity index (χ0v) is 19.2. The number of pyridine rings is 1. The molecule has 4 aromatic heterocycles. The molecule has 4 rings (SSSR count). The van der Waals surface area contributed by atoms with Crippen LogP contribution in [-0.4, -0.2) is 25.7 Å². The van der Waals surface area contributed by atoms with Gasteiger partial charge in [-0.25, -0.2) is 9.97 Å². The van der Waals surface area contributed by atoms with Crippen LogP contribution in [0, 0.1) is 0 Å². The van der Waals surface area contributed by atoms with Crippen LogP contribution in [0.3, 0.4) is 0 Å². The van der Waals surface area contributed by atoms with Crippen LogP contribution in [0.15, 0.2) is 57.2 Å². The second kappa shape index (κ2) is 9.25. The van der Waals surface area contributed by atoms with Gasteiger partial charge in [0.25, 0.3) is 5.56 Å². The van der Waals surface area contributed by atoms with Gasteiger partial charge in [-0.05, 0) is 43.7 Å². The van der Waals surface area contributed by atoms with Gasteiger partial charge in [-0.3, -0.25) is 14.2 Å². The molecular weight excluding hydrogens is 456 g/mol. The van der Waals surface area contributed by atoms with E-state index in [-0.39, 0.29) is 18.0 Å². The Morgan fingerprint density at radius 3 is 2.90 bits per heavy atom. The number of aryl methyl sites for hydroxylation is 1. The molecular formula is C21H19ClN4O3S2. The van der Waals surface area contributed by atoms with Gasteiger partial charge in [-0.15, -0.1) is 11.3 Å². The third kappa shape index (κ3) is 4.84. The first-order chi connectivity index (χ1) is 14.9. The number of thiophene rings is 1. The number of anilines is 1. The topological polar surface area (TPSA) is 90.0 Å². The molecule has 0 radical (unpaired) electrons. The van der Waals surface area contributed by atoms with E-state index in [1.165, 1.54) is 29.3 Å². The number of nitrogens with one attached hydrogen (secondary N) is 1. The summed E-state index contributed by atoms with van der Waals surface area (Å²) in [5.74, 6) is 0.793. The molecule has 0 saturated carbocycles. The second-order valence-electron chi connectivity index (χ2n) is 6.76. The number of furan rings is 1. The first-order valence-corrected chi connectivity index (χ1v) is 11.7. The number of carbonyl (C=O) groups is 1. The molecule has 0 fully saturated rings. The predicted molar refractivity (Wildman–Crippen MR) is 124 cm³/mol. The average Bonchev–Trinajstić information content (AvgIpc) is 3.42. The fourth-order valence-corrected chi connectivity index (χ4v) is 4.93. The lowest BCUT2D eigenvalue weighted by atomic mass is 10.3. The molecule has 0 aliphatic heterocycles. The van der Waals surface area contributed by atoms with Crippen molar-refractivity contribution in [2.24, 2.45) is 0 Å². The van der Waals surface area contributed by atoms with Crippen LogP contribution >= 0.6 is 34.7 Å². The normalized spacial score (nSPS) is 12.2. The fourth-order valence-electron chi connectivity index (χ4n) is 2.90. The summed E-state index contributed by atoms with van der Waals surface area (Å²) in [6.45, 7) is 4.04. The molecule has 0 aliphatic carbocycles. The summed E-state index contributed by atoms with van der Waals surface area (Å²) in [4.78, 5) is 36.5. The fraction of sp³-hybridized carbons (Fsp3) is 0.238. The summed E-state index contributed by atoms with van der Waals surface area (Å²) in [6.07, 6.45) is 3.86. The van der Waals surface area contributed by atoms with Gasteiger partial charge in [0.15, 0.2) is 5.16 Å². The molecule has 4 aromatic rings. The van der Waals surface area contributed by atoms with Crippen molar-refractivity contribution in [3.05, 3.63) is 68.8 Å². The summed E-state index contributed by atoms with van der Waals surface area (Å²) in [5, 5.41) is 3.78. The van der Waals surface area contributed by atoms with Crippen molar-refractivity contribution in [1.29, 1.82) is 0 Å². The van der Waals surface area contributed by atoms with Gasteiger partial charge in [-0.2, -0.15) is 0 Å². The predicted octanol–water partition coefficient (Wildman–Crippen LogP) is 4.83. The summed E-state index contributed by atoms with van der Waals surface area (Å²) in [6, 6.07) is 8.75. The molecule has 1 amide bonds. The van der Waals surface area contributed by atoms with Gasteiger partial charge >= 0.3 is 0 Å². The van der Waals surface area contributed by atoms with E-state index in [1.54, 1.807) is 42.0 Å². The zero-order valence-electron chi connectivity index (χ0n) is 16.8. The van der Waals surface area contributed by atoms with E-state index in [9.17, 15) is 9.59 Å². The Hall–Kier alpha value is -2.62. The van der Waals surface area contributed by atoms with Crippen LogP contribution in [0.1, 0.15) is 24.5 Å². The van der Waals surface area contributed by atoms with Crippen LogP contribution < -0.4 is 10.9 Å². The lowest BCUT2D eigenvalue weighted by molar-refractivity contribution is -0.115. The molecule has 31 heavy (non-hydrogen) atoms. The Morgan fingerprint density at radius 2 is 2.23 bits per heavy atom. The van der Waals surface area contributed by atoms with Crippen LogP contribution in [-0.2, 0) is 17.8 Å². The van der Waals surface area contributed by atoms with Crippen molar-refractivity contribution in [2.45, 2.75) is 37.2 Å². The third-order valence-corrected chi connectivity index (χ3v) is 7.03. The number of fused-ring (bicyclic) bond motifs is 1. The number of hydrogen-bond acceptors (Lipinski definition) is 7. The Morgan fingerprint density at radius 1 is 1.39 bits per heavy atom. The summed E-state index contributed by atoms with van der Waals surface area (Å²) in [5.41, 5.74) is -0.146. The maximum atomic E-state index is 13.2. The van der Waals surface area contributed by atoms with Gasteiger partial charge in [0, 0.05) is 11.1 Å². The van der Waals surface area contributed by atoms with E-state index in [0.29, 0.717) is 32.0 Å². The number of hydrogen-bond donors (Lipinski definition) is 1.